The van der Waals surface area contributed by atoms with Gasteiger partial charge in [0, 0.05) is 38.8 Å². The molecule has 0 aliphatic carbocycles. The number of nitrogens with zero attached hydrogens (tertiary/aromatic N) is 1. The Bertz CT molecular complexity index is 842. The molecule has 1 unspecified atom stereocenters. The average Bonchev–Trinajstić information content (AvgIpc) is 3.16. The van der Waals surface area contributed by atoms with Crippen molar-refractivity contribution in [2.75, 3.05) is 52.7 Å². The lowest BCUT2D eigenvalue weighted by molar-refractivity contribution is -0.158. The molecule has 0 radical (unpaired) electrons. The zero-order chi connectivity index (χ0) is 38.7. The summed E-state index contributed by atoms with van der Waals surface area (Å²) < 4.78 is 22.9. The van der Waals surface area contributed by atoms with E-state index in [1.807, 2.05) is 0 Å². The molecule has 53 heavy (non-hydrogen) atoms. The van der Waals surface area contributed by atoms with Crippen LogP contribution in [0.5, 0.6) is 0 Å². The van der Waals surface area contributed by atoms with E-state index in [4.69, 9.17) is 18.9 Å². The molecule has 0 saturated heterocycles. The zero-order valence-corrected chi connectivity index (χ0v) is 35.1. The largest absolute Gasteiger partial charge is 0.466 e. The van der Waals surface area contributed by atoms with Crippen molar-refractivity contribution >= 4 is 11.9 Å². The van der Waals surface area contributed by atoms with Crippen LogP contribution in [0.4, 0.5) is 0 Å². The van der Waals surface area contributed by atoms with E-state index in [0.717, 1.165) is 109 Å². The van der Waals surface area contributed by atoms with Gasteiger partial charge in [0.1, 0.15) is 0 Å². The van der Waals surface area contributed by atoms with Crippen molar-refractivity contribution in [3.8, 4) is 11.8 Å². The molecule has 1 N–H and O–H groups in total. The number of carbonyl (C=O) groups excluding carboxylic acids is 2. The Labute approximate surface area is 327 Å². The quantitative estimate of drug-likeness (QED) is 0.0286. The summed E-state index contributed by atoms with van der Waals surface area (Å²) in [6, 6.07) is 0. The van der Waals surface area contributed by atoms with E-state index in [-0.39, 0.29) is 18.5 Å². The molecule has 0 amide bonds. The highest BCUT2D eigenvalue weighted by atomic mass is 16.7. The molecular formula is C45H85NO7. The Kier molecular flexibility index (Phi) is 41.7. The highest BCUT2D eigenvalue weighted by Crippen LogP contribution is 2.12. The Morgan fingerprint density at radius 1 is 0.491 bits per heavy atom. The summed E-state index contributed by atoms with van der Waals surface area (Å²) in [4.78, 5) is 26.8. The van der Waals surface area contributed by atoms with Crippen molar-refractivity contribution in [2.45, 2.75) is 213 Å². The molecule has 1 atom stereocenters. The molecular weight excluding hydrogens is 666 g/mol. The van der Waals surface area contributed by atoms with Crippen LogP contribution in [0.2, 0.25) is 0 Å². The number of unbranched alkanes of at least 4 members (excludes halogenated alkanes) is 20. The summed E-state index contributed by atoms with van der Waals surface area (Å²) in [5.41, 5.74) is 0. The lowest BCUT2D eigenvalue weighted by Gasteiger charge is -2.21. The Morgan fingerprint density at radius 3 is 1.53 bits per heavy atom. The number of ether oxygens (including phenoxy) is 4. The summed E-state index contributed by atoms with van der Waals surface area (Å²) in [5, 5.41) is 9.52. The summed E-state index contributed by atoms with van der Waals surface area (Å²) in [6.07, 6.45) is 30.1. The lowest BCUT2D eigenvalue weighted by atomic mass is 10.1. The first kappa shape index (κ1) is 51.3. The Balaban J connectivity index is 3.99. The molecule has 0 heterocycles. The fourth-order valence-electron chi connectivity index (χ4n) is 6.23. The number of esters is 2. The van der Waals surface area contributed by atoms with E-state index in [2.05, 4.69) is 37.5 Å². The van der Waals surface area contributed by atoms with Crippen LogP contribution in [0.3, 0.4) is 0 Å². The van der Waals surface area contributed by atoms with Crippen LogP contribution in [0, 0.1) is 11.8 Å². The van der Waals surface area contributed by atoms with E-state index in [1.165, 1.54) is 64.2 Å². The fraction of sp³-hybridized carbons (Fsp3) is 0.911. The molecule has 0 aliphatic heterocycles. The molecule has 0 aromatic carbocycles. The molecule has 8 nitrogen and oxygen atoms in total. The molecule has 0 spiro atoms. The second-order valence-electron chi connectivity index (χ2n) is 14.7. The van der Waals surface area contributed by atoms with Crippen molar-refractivity contribution in [3.05, 3.63) is 0 Å². The average molecular weight is 752 g/mol. The number of aliphatic hydroxyl groups is 1. The van der Waals surface area contributed by atoms with Crippen LogP contribution in [0.25, 0.3) is 0 Å². The standard InChI is InChI=1S/C45H85NO7/c1-4-7-10-13-15-22-28-39-50-43(48)32-25-18-17-19-26-35-46(37-38-47)36-27-20-24-29-40-51-44(49)33-34-45(52-41-30-21-12-9-6-3)53-42-31-23-16-14-11-8-5-2/h45,47H,4-15,17-22,24-42H2,1-3H3. The van der Waals surface area contributed by atoms with Gasteiger partial charge in [0.05, 0.1) is 32.8 Å². The summed E-state index contributed by atoms with van der Waals surface area (Å²) in [5.74, 6) is 6.20. The molecule has 0 saturated carbocycles. The molecule has 0 aliphatic rings. The maximum atomic E-state index is 12.4. The van der Waals surface area contributed by atoms with E-state index in [9.17, 15) is 14.7 Å². The number of aliphatic hydroxyl groups excluding tert-OH is 1. The van der Waals surface area contributed by atoms with Crippen LogP contribution < -0.4 is 0 Å². The van der Waals surface area contributed by atoms with Crippen molar-refractivity contribution < 1.29 is 33.6 Å². The normalized spacial score (nSPS) is 11.8. The maximum absolute atomic E-state index is 12.4. The van der Waals surface area contributed by atoms with Crippen molar-refractivity contribution in [2.24, 2.45) is 0 Å². The zero-order valence-electron chi connectivity index (χ0n) is 35.1. The molecule has 0 aromatic rings. The highest BCUT2D eigenvalue weighted by molar-refractivity contribution is 5.69. The van der Waals surface area contributed by atoms with Gasteiger partial charge in [0.15, 0.2) is 6.29 Å². The SMILES string of the molecule is CCCCCC#CCCOC(CCC(=O)OCCCCCCN(CCO)CCCCCCCC(=O)OCCCCCCCCC)OCCCCCCC. The Hall–Kier alpha value is -1.66. The minimum atomic E-state index is -0.391. The first-order valence-electron chi connectivity index (χ1n) is 22.4. The minimum absolute atomic E-state index is 0.0447. The van der Waals surface area contributed by atoms with Gasteiger partial charge in [-0.2, -0.15) is 0 Å². The van der Waals surface area contributed by atoms with E-state index < -0.39 is 6.29 Å². The van der Waals surface area contributed by atoms with Crippen LogP contribution >= 0.6 is 0 Å². The number of hydrogen-bond donors (Lipinski definition) is 1. The van der Waals surface area contributed by atoms with Gasteiger partial charge in [0.25, 0.3) is 0 Å². The van der Waals surface area contributed by atoms with Crippen molar-refractivity contribution in [1.82, 2.24) is 4.90 Å². The molecule has 0 aromatic heterocycles. The van der Waals surface area contributed by atoms with E-state index in [1.54, 1.807) is 0 Å². The third-order valence-corrected chi connectivity index (χ3v) is 9.61. The number of carbonyl (C=O) groups is 2. The van der Waals surface area contributed by atoms with Crippen molar-refractivity contribution in [3.63, 3.8) is 0 Å². The van der Waals surface area contributed by atoms with Gasteiger partial charge in [-0.25, -0.2) is 0 Å². The maximum Gasteiger partial charge on any atom is 0.305 e. The Morgan fingerprint density at radius 2 is 0.943 bits per heavy atom. The smallest absolute Gasteiger partial charge is 0.305 e. The van der Waals surface area contributed by atoms with Crippen molar-refractivity contribution in [1.29, 1.82) is 0 Å². The van der Waals surface area contributed by atoms with Gasteiger partial charge in [-0.3, -0.25) is 9.59 Å². The van der Waals surface area contributed by atoms with E-state index in [0.29, 0.717) is 58.7 Å². The van der Waals surface area contributed by atoms with Gasteiger partial charge in [-0.1, -0.05) is 130 Å². The first-order valence-corrected chi connectivity index (χ1v) is 22.4. The summed E-state index contributed by atoms with van der Waals surface area (Å²) in [6.45, 7) is 11.7. The molecule has 0 rings (SSSR count). The number of hydrogen-bond acceptors (Lipinski definition) is 8. The van der Waals surface area contributed by atoms with Crippen LogP contribution in [0.1, 0.15) is 207 Å². The van der Waals surface area contributed by atoms with Gasteiger partial charge in [-0.05, 0) is 58.0 Å². The lowest BCUT2D eigenvalue weighted by Crippen LogP contribution is -2.29. The highest BCUT2D eigenvalue weighted by Gasteiger charge is 2.13. The molecule has 312 valence electrons. The predicted molar refractivity (Wildman–Crippen MR) is 220 cm³/mol. The van der Waals surface area contributed by atoms with Crippen LogP contribution in [-0.2, 0) is 28.5 Å². The van der Waals surface area contributed by atoms with Gasteiger partial charge < -0.3 is 29.0 Å². The minimum Gasteiger partial charge on any atom is -0.466 e. The van der Waals surface area contributed by atoms with Gasteiger partial charge >= 0.3 is 11.9 Å². The van der Waals surface area contributed by atoms with Gasteiger partial charge in [0.2, 0.25) is 0 Å². The second kappa shape index (κ2) is 43.1. The van der Waals surface area contributed by atoms with E-state index >= 15 is 0 Å². The molecule has 8 heteroatoms. The number of rotatable bonds is 41. The second-order valence-corrected chi connectivity index (χ2v) is 14.7. The molecule has 0 fully saturated rings. The van der Waals surface area contributed by atoms with Gasteiger partial charge in [-0.15, -0.1) is 11.8 Å². The molecule has 0 bridgehead atoms. The first-order chi connectivity index (χ1) is 26.1. The summed E-state index contributed by atoms with van der Waals surface area (Å²) >= 11 is 0. The summed E-state index contributed by atoms with van der Waals surface area (Å²) in [7, 11) is 0. The third kappa shape index (κ3) is 39.8. The third-order valence-electron chi connectivity index (χ3n) is 9.61. The van der Waals surface area contributed by atoms with Crippen LogP contribution in [0.15, 0.2) is 0 Å². The fourth-order valence-corrected chi connectivity index (χ4v) is 6.23. The van der Waals surface area contributed by atoms with Crippen LogP contribution in [-0.4, -0.2) is 80.9 Å². The monoisotopic (exact) mass is 752 g/mol. The predicted octanol–water partition coefficient (Wildman–Crippen LogP) is 11.1. The topological polar surface area (TPSA) is 94.5 Å².